The minimum atomic E-state index is -0.750. The maximum atomic E-state index is 12.1. The lowest BCUT2D eigenvalue weighted by Gasteiger charge is -2.39. The van der Waals surface area contributed by atoms with Gasteiger partial charge in [0.15, 0.2) is 5.84 Å². The molecule has 0 aliphatic carbocycles. The number of allylic oxidation sites excluding steroid dienone is 1. The number of fused-ring (bicyclic) bond motifs is 3. The van der Waals surface area contributed by atoms with Gasteiger partial charge in [0, 0.05) is 5.56 Å². The molecule has 0 spiro atoms. The van der Waals surface area contributed by atoms with Gasteiger partial charge in [0.05, 0.1) is 12.8 Å². The number of methoxy groups -OCH3 is 1. The topological polar surface area (TPSA) is 51.1 Å². The van der Waals surface area contributed by atoms with Crippen molar-refractivity contribution < 1.29 is 14.4 Å². The van der Waals surface area contributed by atoms with E-state index in [-0.39, 0.29) is 0 Å². The van der Waals surface area contributed by atoms with Crippen LogP contribution in [0, 0.1) is 0 Å². The van der Waals surface area contributed by atoms with Crippen molar-refractivity contribution in [2.45, 2.75) is 19.4 Å². The van der Waals surface area contributed by atoms with Crippen molar-refractivity contribution in [1.82, 2.24) is 5.06 Å². The highest BCUT2D eigenvalue weighted by Crippen LogP contribution is 2.47. The van der Waals surface area contributed by atoms with E-state index in [1.165, 1.54) is 13.4 Å². The Labute approximate surface area is 123 Å². The number of amidine groups is 1. The van der Waals surface area contributed by atoms with Crippen LogP contribution in [0.3, 0.4) is 0 Å². The van der Waals surface area contributed by atoms with E-state index in [1.54, 1.807) is 5.06 Å². The number of carbonyl (C=O) groups is 1. The predicted molar refractivity (Wildman–Crippen MR) is 78.7 cm³/mol. The van der Waals surface area contributed by atoms with Gasteiger partial charge in [-0.1, -0.05) is 24.3 Å². The third-order valence-electron chi connectivity index (χ3n) is 3.80. The molecule has 0 amide bonds. The van der Waals surface area contributed by atoms with Crippen molar-refractivity contribution in [3.8, 4) is 0 Å². The van der Waals surface area contributed by atoms with Crippen LogP contribution in [0.1, 0.15) is 19.4 Å². The van der Waals surface area contributed by atoms with Gasteiger partial charge in [-0.15, -0.1) is 0 Å². The zero-order valence-electron chi connectivity index (χ0n) is 12.2. The Morgan fingerprint density at radius 2 is 2.19 bits per heavy atom. The largest absolute Gasteiger partial charge is 0.465 e. The van der Waals surface area contributed by atoms with Crippen molar-refractivity contribution in [3.05, 3.63) is 53.8 Å². The lowest BCUT2D eigenvalue weighted by molar-refractivity contribution is -0.138. The van der Waals surface area contributed by atoms with Crippen LogP contribution >= 0.6 is 0 Å². The molecule has 1 unspecified atom stereocenters. The fourth-order valence-corrected chi connectivity index (χ4v) is 2.73. The molecule has 0 aromatic heterocycles. The molecule has 2 heterocycles. The van der Waals surface area contributed by atoms with Gasteiger partial charge in [-0.3, -0.25) is 0 Å². The molecule has 0 N–H and O–H groups in total. The molecule has 3 rings (SSSR count). The van der Waals surface area contributed by atoms with Crippen LogP contribution in [-0.4, -0.2) is 24.0 Å². The maximum Gasteiger partial charge on any atom is 0.339 e. The van der Waals surface area contributed by atoms with Crippen LogP contribution in [0.25, 0.3) is 0 Å². The first-order chi connectivity index (χ1) is 10.1. The van der Waals surface area contributed by atoms with Gasteiger partial charge >= 0.3 is 5.97 Å². The standard InChI is InChI=1S/C16H16N2O3/c1-4-7-14-17-13-9-6-5-8-11(13)16(2)12(15(19)20-3)10-21-18(14)16/h4-10H,1-3H3/b7-4+. The van der Waals surface area contributed by atoms with Crippen molar-refractivity contribution >= 4 is 17.5 Å². The van der Waals surface area contributed by atoms with Crippen LogP contribution in [0.4, 0.5) is 5.69 Å². The van der Waals surface area contributed by atoms with Gasteiger partial charge in [-0.05, 0) is 26.0 Å². The molecular formula is C16H16N2O3. The SMILES string of the molecule is C/C=C/C1=Nc2ccccc2C2(C)C(C(=O)OC)=CON12. The van der Waals surface area contributed by atoms with E-state index >= 15 is 0 Å². The van der Waals surface area contributed by atoms with Gasteiger partial charge in [-0.2, -0.15) is 5.06 Å². The number of ether oxygens (including phenoxy) is 1. The van der Waals surface area contributed by atoms with E-state index in [2.05, 4.69) is 4.99 Å². The van der Waals surface area contributed by atoms with E-state index in [0.717, 1.165) is 11.3 Å². The van der Waals surface area contributed by atoms with E-state index < -0.39 is 11.5 Å². The normalized spacial score (nSPS) is 23.1. The highest BCUT2D eigenvalue weighted by Gasteiger charge is 2.51. The van der Waals surface area contributed by atoms with Crippen molar-refractivity contribution in [3.63, 3.8) is 0 Å². The lowest BCUT2D eigenvalue weighted by Crippen LogP contribution is -2.47. The molecule has 0 fully saturated rings. The van der Waals surface area contributed by atoms with Crippen molar-refractivity contribution in [2.24, 2.45) is 4.99 Å². The molecule has 1 aromatic carbocycles. The van der Waals surface area contributed by atoms with Crippen molar-refractivity contribution in [1.29, 1.82) is 0 Å². The molecule has 1 aromatic rings. The summed E-state index contributed by atoms with van der Waals surface area (Å²) in [6, 6.07) is 7.72. The molecule has 5 nitrogen and oxygen atoms in total. The Bertz CT molecular complexity index is 691. The Morgan fingerprint density at radius 1 is 1.43 bits per heavy atom. The fraction of sp³-hybridized carbons (Fsp3) is 0.250. The zero-order valence-corrected chi connectivity index (χ0v) is 12.2. The number of hydrogen-bond donors (Lipinski definition) is 0. The smallest absolute Gasteiger partial charge is 0.339 e. The summed E-state index contributed by atoms with van der Waals surface area (Å²) in [5.74, 6) is 0.241. The number of para-hydroxylation sites is 1. The summed E-state index contributed by atoms with van der Waals surface area (Å²) < 4.78 is 4.89. The second-order valence-corrected chi connectivity index (χ2v) is 4.98. The Balaban J connectivity index is 2.22. The second kappa shape index (κ2) is 4.77. The monoisotopic (exact) mass is 284 g/mol. The lowest BCUT2D eigenvalue weighted by atomic mass is 9.82. The summed E-state index contributed by atoms with van der Waals surface area (Å²) in [6.45, 7) is 3.84. The first kappa shape index (κ1) is 13.4. The Kier molecular flexibility index (Phi) is 3.05. The summed E-state index contributed by atoms with van der Waals surface area (Å²) in [5.41, 5.74) is 1.44. The number of rotatable bonds is 2. The summed E-state index contributed by atoms with van der Waals surface area (Å²) >= 11 is 0. The Hall–Kier alpha value is -2.56. The number of carbonyl (C=O) groups excluding carboxylic acids is 1. The molecule has 0 saturated heterocycles. The number of hydroxylamine groups is 2. The average molecular weight is 284 g/mol. The molecule has 0 saturated carbocycles. The number of nitrogens with zero attached hydrogens (tertiary/aromatic N) is 2. The van der Waals surface area contributed by atoms with E-state index in [9.17, 15) is 4.79 Å². The predicted octanol–water partition coefficient (Wildman–Crippen LogP) is 2.83. The molecule has 0 bridgehead atoms. The molecule has 108 valence electrons. The number of hydrogen-bond acceptors (Lipinski definition) is 5. The third-order valence-corrected chi connectivity index (χ3v) is 3.80. The van der Waals surface area contributed by atoms with Crippen LogP contribution in [0.15, 0.2) is 53.2 Å². The summed E-state index contributed by atoms with van der Waals surface area (Å²) in [6.07, 6.45) is 5.17. The second-order valence-electron chi connectivity index (χ2n) is 4.98. The number of benzene rings is 1. The first-order valence-electron chi connectivity index (χ1n) is 6.69. The summed E-state index contributed by atoms with van der Waals surface area (Å²) in [4.78, 5) is 22.3. The quantitative estimate of drug-likeness (QED) is 0.784. The van der Waals surface area contributed by atoms with Gasteiger partial charge in [0.2, 0.25) is 0 Å². The number of aliphatic imine (C=N–C) groups is 1. The molecule has 2 aliphatic heterocycles. The van der Waals surface area contributed by atoms with Crippen LogP contribution < -0.4 is 0 Å². The van der Waals surface area contributed by atoms with Crippen LogP contribution in [0.5, 0.6) is 0 Å². The molecule has 2 aliphatic rings. The van der Waals surface area contributed by atoms with E-state index in [0.29, 0.717) is 11.4 Å². The fourth-order valence-electron chi connectivity index (χ4n) is 2.73. The highest BCUT2D eigenvalue weighted by atomic mass is 16.7. The average Bonchev–Trinajstić information content (AvgIpc) is 2.86. The highest BCUT2D eigenvalue weighted by molar-refractivity contribution is 6.01. The van der Waals surface area contributed by atoms with Crippen LogP contribution in [-0.2, 0) is 19.9 Å². The molecule has 5 heteroatoms. The Morgan fingerprint density at radius 3 is 2.90 bits per heavy atom. The molecule has 1 atom stereocenters. The summed E-state index contributed by atoms with van der Waals surface area (Å²) in [7, 11) is 1.37. The third kappa shape index (κ3) is 1.77. The summed E-state index contributed by atoms with van der Waals surface area (Å²) in [5, 5.41) is 1.64. The van der Waals surface area contributed by atoms with Gasteiger partial charge in [0.25, 0.3) is 0 Å². The van der Waals surface area contributed by atoms with Crippen LogP contribution in [0.2, 0.25) is 0 Å². The van der Waals surface area contributed by atoms with E-state index in [1.807, 2.05) is 50.3 Å². The van der Waals surface area contributed by atoms with Crippen molar-refractivity contribution in [2.75, 3.05) is 7.11 Å². The van der Waals surface area contributed by atoms with Gasteiger partial charge < -0.3 is 9.57 Å². The zero-order chi connectivity index (χ0) is 15.0. The molecule has 21 heavy (non-hydrogen) atoms. The minimum Gasteiger partial charge on any atom is -0.465 e. The maximum absolute atomic E-state index is 12.1. The van der Waals surface area contributed by atoms with Gasteiger partial charge in [0.1, 0.15) is 17.4 Å². The molecular weight excluding hydrogens is 268 g/mol. The molecule has 0 radical (unpaired) electrons. The first-order valence-corrected chi connectivity index (χ1v) is 6.69. The van der Waals surface area contributed by atoms with Gasteiger partial charge in [-0.25, -0.2) is 9.79 Å². The van der Waals surface area contributed by atoms with E-state index in [4.69, 9.17) is 9.57 Å². The minimum absolute atomic E-state index is 0.406. The number of esters is 1.